The Morgan fingerprint density at radius 3 is 2.11 bits per heavy atom. The van der Waals surface area contributed by atoms with Crippen LogP contribution in [0, 0.1) is 6.92 Å². The lowest BCUT2D eigenvalue weighted by atomic mass is 10.0. The van der Waals surface area contributed by atoms with Gasteiger partial charge in [-0.3, -0.25) is 13.9 Å². The molecular formula is C34H34Cl3N3O4S. The maximum Gasteiger partial charge on any atom is 0.264 e. The number of carbonyl (C=O) groups is 2. The highest BCUT2D eigenvalue weighted by atomic mass is 35.5. The zero-order valence-corrected chi connectivity index (χ0v) is 28.0. The lowest BCUT2D eigenvalue weighted by molar-refractivity contribution is -0.140. The Kier molecular flexibility index (Phi) is 11.9. The second-order valence-corrected chi connectivity index (χ2v) is 13.6. The number of nitrogens with one attached hydrogen (secondary N) is 1. The number of hydrogen-bond donors (Lipinski definition) is 1. The van der Waals surface area contributed by atoms with Gasteiger partial charge in [0.1, 0.15) is 12.6 Å². The Balaban J connectivity index is 1.82. The molecule has 0 aliphatic heterocycles. The molecule has 4 aromatic carbocycles. The molecule has 4 rings (SSSR count). The first-order chi connectivity index (χ1) is 21.5. The SMILES string of the molecule is CCCNC(=O)[C@@H](Cc1ccccc1)N(Cc1ccc(Cl)c(Cl)c1)C(=O)CN(c1ccc(Cl)cc1C)S(=O)(=O)c1ccccc1. The van der Waals surface area contributed by atoms with Gasteiger partial charge in [0.25, 0.3) is 10.0 Å². The summed E-state index contributed by atoms with van der Waals surface area (Å²) in [5, 5.41) is 3.99. The van der Waals surface area contributed by atoms with E-state index in [1.165, 1.54) is 17.0 Å². The predicted molar refractivity (Wildman–Crippen MR) is 181 cm³/mol. The Morgan fingerprint density at radius 1 is 0.822 bits per heavy atom. The number of amides is 2. The second kappa shape index (κ2) is 15.6. The fraction of sp³-hybridized carbons (Fsp3) is 0.235. The molecule has 0 aliphatic rings. The number of anilines is 1. The molecule has 2 amide bonds. The summed E-state index contributed by atoms with van der Waals surface area (Å²) in [7, 11) is -4.22. The molecule has 0 unspecified atom stereocenters. The Bertz CT molecular complexity index is 1740. The van der Waals surface area contributed by atoms with E-state index in [1.54, 1.807) is 61.5 Å². The standard InChI is InChI=1S/C34H34Cl3N3O4S/c1-3-18-38-34(42)32(21-25-10-6-4-7-11-25)39(22-26-14-16-29(36)30(37)20-26)33(41)23-40(31-17-15-27(35)19-24(31)2)45(43,44)28-12-8-5-9-13-28/h4-17,19-20,32H,3,18,21-23H2,1-2H3,(H,38,42)/t32-/m1/s1. The second-order valence-electron chi connectivity index (χ2n) is 10.5. The molecule has 11 heteroatoms. The van der Waals surface area contributed by atoms with Crippen LogP contribution in [-0.4, -0.2) is 44.3 Å². The van der Waals surface area contributed by atoms with Gasteiger partial charge < -0.3 is 10.2 Å². The average molecular weight is 687 g/mol. The van der Waals surface area contributed by atoms with Crippen LogP contribution in [-0.2, 0) is 32.6 Å². The zero-order valence-electron chi connectivity index (χ0n) is 24.9. The van der Waals surface area contributed by atoms with Crippen LogP contribution in [0.15, 0.2) is 102 Å². The molecule has 0 saturated heterocycles. The number of halogens is 3. The summed E-state index contributed by atoms with van der Waals surface area (Å²) in [6, 6.07) is 26.0. The molecule has 1 N–H and O–H groups in total. The van der Waals surface area contributed by atoms with E-state index >= 15 is 0 Å². The maximum atomic E-state index is 14.5. The lowest BCUT2D eigenvalue weighted by Crippen LogP contribution is -2.53. The molecule has 45 heavy (non-hydrogen) atoms. The number of hydrogen-bond acceptors (Lipinski definition) is 4. The van der Waals surface area contributed by atoms with Crippen molar-refractivity contribution in [3.63, 3.8) is 0 Å². The van der Waals surface area contributed by atoms with E-state index in [0.717, 1.165) is 9.87 Å². The molecule has 236 valence electrons. The molecular weight excluding hydrogens is 653 g/mol. The van der Waals surface area contributed by atoms with Gasteiger partial charge in [0.2, 0.25) is 11.8 Å². The molecule has 1 atom stereocenters. The summed E-state index contributed by atoms with van der Waals surface area (Å²) in [6.07, 6.45) is 0.901. The summed E-state index contributed by atoms with van der Waals surface area (Å²) < 4.78 is 29.3. The van der Waals surface area contributed by atoms with Gasteiger partial charge in [-0.1, -0.05) is 96.3 Å². The van der Waals surface area contributed by atoms with E-state index in [4.69, 9.17) is 34.8 Å². The first kappa shape index (κ1) is 34.3. The first-order valence-corrected chi connectivity index (χ1v) is 17.0. The van der Waals surface area contributed by atoms with Crippen LogP contribution in [0.2, 0.25) is 15.1 Å². The maximum absolute atomic E-state index is 14.5. The minimum atomic E-state index is -4.22. The van der Waals surface area contributed by atoms with Gasteiger partial charge in [-0.05, 0) is 72.5 Å². The Labute approximate surface area is 279 Å². The predicted octanol–water partition coefficient (Wildman–Crippen LogP) is 7.32. The smallest absolute Gasteiger partial charge is 0.264 e. The van der Waals surface area contributed by atoms with Crippen LogP contribution in [0.5, 0.6) is 0 Å². The van der Waals surface area contributed by atoms with Gasteiger partial charge in [0.05, 0.1) is 20.6 Å². The van der Waals surface area contributed by atoms with Crippen LogP contribution in [0.4, 0.5) is 5.69 Å². The van der Waals surface area contributed by atoms with Gasteiger partial charge in [-0.15, -0.1) is 0 Å². The fourth-order valence-electron chi connectivity index (χ4n) is 4.89. The molecule has 4 aromatic rings. The third kappa shape index (κ3) is 8.79. The summed E-state index contributed by atoms with van der Waals surface area (Å²) >= 11 is 18.7. The average Bonchev–Trinajstić information content (AvgIpc) is 3.03. The normalized spacial score (nSPS) is 11.9. The summed E-state index contributed by atoms with van der Waals surface area (Å²) in [6.45, 7) is 3.48. The molecule has 0 aromatic heterocycles. The van der Waals surface area contributed by atoms with Crippen LogP contribution < -0.4 is 9.62 Å². The molecule has 0 fully saturated rings. The number of carbonyl (C=O) groups excluding carboxylic acids is 2. The number of aryl methyl sites for hydroxylation is 1. The number of benzene rings is 4. The number of nitrogens with zero attached hydrogens (tertiary/aromatic N) is 2. The molecule has 0 saturated carbocycles. The van der Waals surface area contributed by atoms with Crippen molar-refractivity contribution < 1.29 is 18.0 Å². The highest BCUT2D eigenvalue weighted by Crippen LogP contribution is 2.30. The Hall–Kier alpha value is -3.56. The largest absolute Gasteiger partial charge is 0.354 e. The van der Waals surface area contributed by atoms with E-state index in [0.29, 0.717) is 44.8 Å². The monoisotopic (exact) mass is 685 g/mol. The van der Waals surface area contributed by atoms with Crippen LogP contribution >= 0.6 is 34.8 Å². The van der Waals surface area contributed by atoms with E-state index < -0.39 is 28.5 Å². The first-order valence-electron chi connectivity index (χ1n) is 14.4. The van der Waals surface area contributed by atoms with Gasteiger partial charge in [-0.25, -0.2) is 8.42 Å². The third-order valence-electron chi connectivity index (χ3n) is 7.19. The van der Waals surface area contributed by atoms with Crippen molar-refractivity contribution in [3.05, 3.63) is 129 Å². The van der Waals surface area contributed by atoms with Gasteiger partial charge >= 0.3 is 0 Å². The van der Waals surface area contributed by atoms with Crippen molar-refractivity contribution in [1.82, 2.24) is 10.2 Å². The van der Waals surface area contributed by atoms with E-state index in [2.05, 4.69) is 5.32 Å². The molecule has 0 spiro atoms. The van der Waals surface area contributed by atoms with Crippen molar-refractivity contribution in [2.75, 3.05) is 17.4 Å². The minimum Gasteiger partial charge on any atom is -0.354 e. The van der Waals surface area contributed by atoms with E-state index in [1.807, 2.05) is 37.3 Å². The minimum absolute atomic E-state index is 0.0182. The summed E-state index contributed by atoms with van der Waals surface area (Å²) in [4.78, 5) is 29.7. The quantitative estimate of drug-likeness (QED) is 0.160. The van der Waals surface area contributed by atoms with E-state index in [9.17, 15) is 18.0 Å². The molecule has 0 heterocycles. The molecule has 0 aliphatic carbocycles. The van der Waals surface area contributed by atoms with Crippen LogP contribution in [0.3, 0.4) is 0 Å². The summed E-state index contributed by atoms with van der Waals surface area (Å²) in [5.41, 5.74) is 2.32. The van der Waals surface area contributed by atoms with E-state index in [-0.39, 0.29) is 23.8 Å². The van der Waals surface area contributed by atoms with Crippen molar-refractivity contribution >= 4 is 62.3 Å². The molecule has 7 nitrogen and oxygen atoms in total. The van der Waals surface area contributed by atoms with Crippen LogP contribution in [0.1, 0.15) is 30.0 Å². The van der Waals surface area contributed by atoms with Gasteiger partial charge in [0, 0.05) is 24.5 Å². The van der Waals surface area contributed by atoms with Crippen molar-refractivity contribution in [2.24, 2.45) is 0 Å². The van der Waals surface area contributed by atoms with Gasteiger partial charge in [-0.2, -0.15) is 0 Å². The van der Waals surface area contributed by atoms with Crippen molar-refractivity contribution in [3.8, 4) is 0 Å². The van der Waals surface area contributed by atoms with Gasteiger partial charge in [0.15, 0.2) is 0 Å². The molecule has 0 bridgehead atoms. The van der Waals surface area contributed by atoms with Crippen molar-refractivity contribution in [1.29, 1.82) is 0 Å². The third-order valence-corrected chi connectivity index (χ3v) is 9.94. The topological polar surface area (TPSA) is 86.8 Å². The number of sulfonamides is 1. The number of rotatable bonds is 13. The van der Waals surface area contributed by atoms with Crippen molar-refractivity contribution in [2.45, 2.75) is 44.2 Å². The fourth-order valence-corrected chi connectivity index (χ4v) is 6.93. The Morgan fingerprint density at radius 2 is 1.49 bits per heavy atom. The summed E-state index contributed by atoms with van der Waals surface area (Å²) in [5.74, 6) is -0.934. The zero-order chi connectivity index (χ0) is 32.6. The highest BCUT2D eigenvalue weighted by Gasteiger charge is 2.35. The molecule has 0 radical (unpaired) electrons. The van der Waals surface area contributed by atoms with Crippen LogP contribution in [0.25, 0.3) is 0 Å². The highest BCUT2D eigenvalue weighted by molar-refractivity contribution is 7.92. The lowest BCUT2D eigenvalue weighted by Gasteiger charge is -2.34.